The second-order valence-corrected chi connectivity index (χ2v) is 14.1. The summed E-state index contributed by atoms with van der Waals surface area (Å²) in [6.45, 7) is 4.54. The van der Waals surface area contributed by atoms with Crippen LogP contribution < -0.4 is 51.4 Å². The zero-order chi connectivity index (χ0) is 30.8. The van der Waals surface area contributed by atoms with Crippen LogP contribution in [0.1, 0.15) is 213 Å². The quantitative estimate of drug-likeness (QED) is 0.0225. The van der Waals surface area contributed by atoms with Crippen LogP contribution in [-0.2, 0) is 14.6 Å². The molecule has 0 fully saturated rings. The maximum absolute atomic E-state index is 11.0. The van der Waals surface area contributed by atoms with Crippen LogP contribution in [0.4, 0.5) is 0 Å². The molecule has 6 heteroatoms. The van der Waals surface area contributed by atoms with Crippen molar-refractivity contribution in [3.05, 3.63) is 12.2 Å². The Morgan fingerprint density at radius 1 is 0.512 bits per heavy atom. The summed E-state index contributed by atoms with van der Waals surface area (Å²) in [5.74, 6) is 0.0162. The fourth-order valence-corrected chi connectivity index (χ4v) is 6.27. The average Bonchev–Trinajstić information content (AvgIpc) is 2.96. The zero-order valence-corrected chi connectivity index (χ0v) is 33.3. The van der Waals surface area contributed by atoms with Gasteiger partial charge in [-0.3, -0.25) is 4.18 Å². The van der Waals surface area contributed by atoms with Gasteiger partial charge in [0.15, 0.2) is 0 Å². The van der Waals surface area contributed by atoms with Gasteiger partial charge in [0.1, 0.15) is 0 Å². The van der Waals surface area contributed by atoms with Gasteiger partial charge >= 0.3 is 51.4 Å². The summed E-state index contributed by atoms with van der Waals surface area (Å²) in [6, 6.07) is 0. The first kappa shape index (κ1) is 46.4. The summed E-state index contributed by atoms with van der Waals surface area (Å²) in [5, 5.41) is 0. The van der Waals surface area contributed by atoms with E-state index in [0.29, 0.717) is 0 Å². The van der Waals surface area contributed by atoms with Crippen LogP contribution in [0, 0.1) is 5.92 Å². The van der Waals surface area contributed by atoms with Crippen LogP contribution in [0.25, 0.3) is 0 Å². The Labute approximate surface area is 313 Å². The molecule has 0 saturated carbocycles. The van der Waals surface area contributed by atoms with Crippen molar-refractivity contribution >= 4 is 10.4 Å². The van der Waals surface area contributed by atoms with Crippen LogP contribution >= 0.6 is 0 Å². The van der Waals surface area contributed by atoms with Crippen molar-refractivity contribution < 1.29 is 68.5 Å². The van der Waals surface area contributed by atoms with Crippen molar-refractivity contribution in [1.82, 2.24) is 0 Å². The zero-order valence-electron chi connectivity index (χ0n) is 29.4. The van der Waals surface area contributed by atoms with Gasteiger partial charge in [-0.25, -0.2) is 8.42 Å². The molecule has 0 rings (SSSR count). The second-order valence-electron chi connectivity index (χ2n) is 13.0. The van der Waals surface area contributed by atoms with Gasteiger partial charge in [-0.2, -0.15) is 0 Å². The largest absolute Gasteiger partial charge is 1.00 e. The monoisotopic (exact) mass is 652 g/mol. The molecule has 1 unspecified atom stereocenters. The van der Waals surface area contributed by atoms with E-state index in [4.69, 9.17) is 0 Å². The van der Waals surface area contributed by atoms with Crippen molar-refractivity contribution in [1.29, 1.82) is 0 Å². The SMILES string of the molecule is CCCCCCCCCCCCC/C=C/C(CCCCCCCCCCCCCCCCCCCC)COS(=O)(=O)[O-].[K+]. The van der Waals surface area contributed by atoms with E-state index in [1.807, 2.05) is 0 Å². The van der Waals surface area contributed by atoms with E-state index >= 15 is 0 Å². The Bertz CT molecular complexity index is 653. The Hall–Kier alpha value is 1.25. The van der Waals surface area contributed by atoms with Gasteiger partial charge in [0.05, 0.1) is 6.61 Å². The molecule has 0 aromatic rings. The van der Waals surface area contributed by atoms with Crippen LogP contribution in [-0.4, -0.2) is 19.6 Å². The Morgan fingerprint density at radius 3 is 1.14 bits per heavy atom. The predicted molar refractivity (Wildman–Crippen MR) is 183 cm³/mol. The van der Waals surface area contributed by atoms with Crippen LogP contribution in [0.5, 0.6) is 0 Å². The number of hydrogen-bond donors (Lipinski definition) is 0. The standard InChI is InChI=1S/C37H74O4S.K/c1-3-5-7-9-11-13-15-17-18-19-20-21-23-25-27-29-31-33-35-37(36-41-42(38,39)40)34-32-30-28-26-24-22-16-14-12-10-8-6-4-2;/h32,34,37H,3-31,33,35-36H2,1-2H3,(H,38,39,40);/q;+1/p-1/b34-32+;. The summed E-state index contributed by atoms with van der Waals surface area (Å²) in [4.78, 5) is 0. The molecule has 4 nitrogen and oxygen atoms in total. The third kappa shape index (κ3) is 41.2. The van der Waals surface area contributed by atoms with Crippen LogP contribution in [0.2, 0.25) is 0 Å². The maximum Gasteiger partial charge on any atom is 1.00 e. The molecule has 0 aromatic carbocycles. The van der Waals surface area contributed by atoms with Gasteiger partial charge in [0.25, 0.3) is 0 Å². The van der Waals surface area contributed by atoms with Crippen LogP contribution in [0.3, 0.4) is 0 Å². The Kier molecular flexibility index (Phi) is 40.7. The van der Waals surface area contributed by atoms with E-state index in [1.165, 1.54) is 180 Å². The number of hydrogen-bond acceptors (Lipinski definition) is 4. The first-order valence-corrected chi connectivity index (χ1v) is 20.1. The van der Waals surface area contributed by atoms with Crippen molar-refractivity contribution in [2.75, 3.05) is 6.61 Å². The molecule has 252 valence electrons. The molecule has 43 heavy (non-hydrogen) atoms. The Balaban J connectivity index is 0. The summed E-state index contributed by atoms with van der Waals surface area (Å²) in [5.41, 5.74) is 0. The third-order valence-electron chi connectivity index (χ3n) is 8.74. The summed E-state index contributed by atoms with van der Waals surface area (Å²) in [7, 11) is -4.62. The summed E-state index contributed by atoms with van der Waals surface area (Å²) >= 11 is 0. The maximum atomic E-state index is 11.0. The van der Waals surface area contributed by atoms with Crippen molar-refractivity contribution in [3.8, 4) is 0 Å². The smallest absolute Gasteiger partial charge is 0.726 e. The molecule has 0 radical (unpaired) electrons. The molecule has 0 saturated heterocycles. The van der Waals surface area contributed by atoms with Crippen molar-refractivity contribution in [2.45, 2.75) is 213 Å². The topological polar surface area (TPSA) is 66.4 Å². The molecule has 0 N–H and O–H groups in total. The molecule has 0 aromatic heterocycles. The van der Waals surface area contributed by atoms with E-state index in [2.05, 4.69) is 30.2 Å². The van der Waals surface area contributed by atoms with E-state index in [0.717, 1.165) is 19.3 Å². The minimum Gasteiger partial charge on any atom is -0.726 e. The number of unbranched alkanes of at least 4 members (excludes halogenated alkanes) is 28. The molecule has 0 aliphatic heterocycles. The third-order valence-corrected chi connectivity index (χ3v) is 9.16. The fourth-order valence-electron chi connectivity index (χ4n) is 5.93. The van der Waals surface area contributed by atoms with E-state index in [-0.39, 0.29) is 63.9 Å². The van der Waals surface area contributed by atoms with Crippen molar-refractivity contribution in [2.24, 2.45) is 5.92 Å². The molecule has 0 spiro atoms. The van der Waals surface area contributed by atoms with Crippen LogP contribution in [0.15, 0.2) is 12.2 Å². The predicted octanol–water partition coefficient (Wildman–Crippen LogP) is 9.77. The second kappa shape index (κ2) is 37.7. The first-order chi connectivity index (χ1) is 20.5. The molecule has 0 heterocycles. The summed E-state index contributed by atoms with van der Waals surface area (Å²) < 4.78 is 37.5. The molecular formula is C37H73KO4S. The molecule has 1 atom stereocenters. The van der Waals surface area contributed by atoms with Gasteiger partial charge in [-0.05, 0) is 19.3 Å². The number of allylic oxidation sites excluding steroid dienone is 1. The minimum atomic E-state index is -4.62. The molecule has 0 aliphatic carbocycles. The minimum absolute atomic E-state index is 0. The van der Waals surface area contributed by atoms with E-state index in [9.17, 15) is 13.0 Å². The van der Waals surface area contributed by atoms with Gasteiger partial charge in [0.2, 0.25) is 10.4 Å². The fraction of sp³-hybridized carbons (Fsp3) is 0.946. The molecule has 0 aliphatic rings. The summed E-state index contributed by atoms with van der Waals surface area (Å²) in [6.07, 6.45) is 45.3. The molecule has 0 amide bonds. The first-order valence-electron chi connectivity index (χ1n) is 18.8. The average molecular weight is 653 g/mol. The molecule has 0 bridgehead atoms. The van der Waals surface area contributed by atoms with E-state index in [1.54, 1.807) is 0 Å². The van der Waals surface area contributed by atoms with Gasteiger partial charge in [-0.15, -0.1) is 0 Å². The van der Waals surface area contributed by atoms with Crippen molar-refractivity contribution in [3.63, 3.8) is 0 Å². The number of rotatable bonds is 35. The van der Waals surface area contributed by atoms with Gasteiger partial charge < -0.3 is 4.55 Å². The Morgan fingerprint density at radius 2 is 0.814 bits per heavy atom. The molecular weight excluding hydrogens is 580 g/mol. The normalized spacial score (nSPS) is 12.6. The van der Waals surface area contributed by atoms with Gasteiger partial charge in [-0.1, -0.05) is 206 Å². The van der Waals surface area contributed by atoms with E-state index < -0.39 is 10.4 Å². The van der Waals surface area contributed by atoms with Gasteiger partial charge in [0, 0.05) is 5.92 Å².